The van der Waals surface area contributed by atoms with E-state index in [1.165, 1.54) is 38.5 Å². The number of hydrogen-bond donors (Lipinski definition) is 0. The molecule has 4 atom stereocenters. The Morgan fingerprint density at radius 3 is 2.33 bits per heavy atom. The van der Waals surface area contributed by atoms with E-state index in [1.54, 1.807) is 0 Å². The molecule has 1 nitrogen and oxygen atoms in total. The summed E-state index contributed by atoms with van der Waals surface area (Å²) in [5.74, 6) is 1.10. The zero-order valence-electron chi connectivity index (χ0n) is 8.00. The van der Waals surface area contributed by atoms with Crippen LogP contribution >= 0.6 is 0 Å². The minimum atomic E-state index is 1.02. The van der Waals surface area contributed by atoms with E-state index < -0.39 is 0 Å². The Labute approximate surface area is 75.1 Å². The van der Waals surface area contributed by atoms with Gasteiger partial charge in [0.1, 0.15) is 0 Å². The Morgan fingerprint density at radius 2 is 1.75 bits per heavy atom. The molecule has 2 aliphatic heterocycles. The van der Waals surface area contributed by atoms with Gasteiger partial charge in [0, 0.05) is 18.1 Å². The van der Waals surface area contributed by atoms with Gasteiger partial charge in [0.05, 0.1) is 0 Å². The van der Waals surface area contributed by atoms with Gasteiger partial charge >= 0.3 is 0 Å². The largest absolute Gasteiger partial charge is 0.288 e. The summed E-state index contributed by atoms with van der Waals surface area (Å²) in [6, 6.07) is 3.16. The van der Waals surface area contributed by atoms with Gasteiger partial charge in [0.25, 0.3) is 0 Å². The fourth-order valence-corrected chi connectivity index (χ4v) is 3.40. The third kappa shape index (κ3) is 0.891. The quantitative estimate of drug-likeness (QED) is 0.568. The molecule has 2 saturated heterocycles. The van der Waals surface area contributed by atoms with E-state index in [2.05, 4.69) is 11.8 Å². The lowest BCUT2D eigenvalue weighted by Gasteiger charge is -2.24. The number of nitrogens with zero attached hydrogens (tertiary/aromatic N) is 1. The molecule has 0 N–H and O–H groups in total. The van der Waals surface area contributed by atoms with Crippen LogP contribution in [0, 0.1) is 5.92 Å². The average Bonchev–Trinajstić information content (AvgIpc) is 2.95. The van der Waals surface area contributed by atoms with E-state index in [0.29, 0.717) is 0 Å². The number of fused-ring (bicyclic) bond motifs is 1. The third-order valence-corrected chi connectivity index (χ3v) is 4.19. The highest BCUT2D eigenvalue weighted by molar-refractivity contribution is 5.27. The number of rotatable bonds is 2. The maximum Gasteiger partial charge on any atom is 0.0417 e. The van der Waals surface area contributed by atoms with Gasteiger partial charge in [-0.2, -0.15) is 0 Å². The van der Waals surface area contributed by atoms with Crippen LogP contribution in [-0.4, -0.2) is 23.0 Å². The third-order valence-electron chi connectivity index (χ3n) is 4.19. The van der Waals surface area contributed by atoms with Crippen LogP contribution in [0.4, 0.5) is 0 Å². The molecule has 4 unspecified atom stereocenters. The molecule has 1 saturated carbocycles. The summed E-state index contributed by atoms with van der Waals surface area (Å²) in [5, 5.41) is 0. The first-order valence-electron chi connectivity index (χ1n) is 5.71. The Balaban J connectivity index is 1.52. The fraction of sp³-hybridized carbons (Fsp3) is 1.00. The summed E-state index contributed by atoms with van der Waals surface area (Å²) in [6.45, 7) is 2.33. The van der Waals surface area contributed by atoms with Crippen LogP contribution in [0.5, 0.6) is 0 Å². The second-order valence-corrected chi connectivity index (χ2v) is 4.80. The van der Waals surface area contributed by atoms with E-state index in [0.717, 1.165) is 24.0 Å². The molecule has 1 heteroatoms. The molecule has 2 heterocycles. The highest BCUT2D eigenvalue weighted by Crippen LogP contribution is 2.58. The van der Waals surface area contributed by atoms with Crippen LogP contribution in [0.25, 0.3) is 0 Å². The predicted molar refractivity (Wildman–Crippen MR) is 50.1 cm³/mol. The highest BCUT2D eigenvalue weighted by Gasteiger charge is 2.71. The molecule has 0 radical (unpaired) electrons. The molecule has 12 heavy (non-hydrogen) atoms. The molecule has 0 bridgehead atoms. The molecule has 0 aromatic rings. The van der Waals surface area contributed by atoms with E-state index in [4.69, 9.17) is 0 Å². The van der Waals surface area contributed by atoms with Gasteiger partial charge in [-0.3, -0.25) is 4.90 Å². The van der Waals surface area contributed by atoms with Gasteiger partial charge < -0.3 is 0 Å². The first kappa shape index (κ1) is 7.37. The molecule has 3 aliphatic rings. The van der Waals surface area contributed by atoms with E-state index >= 15 is 0 Å². The van der Waals surface area contributed by atoms with Crippen LogP contribution in [0.2, 0.25) is 0 Å². The molecule has 1 aliphatic carbocycles. The monoisotopic (exact) mass is 165 g/mol. The maximum atomic E-state index is 2.75. The zero-order valence-corrected chi connectivity index (χ0v) is 8.00. The SMILES string of the molecule is CCC1C2C(C3CCCCC3)N12. The molecular weight excluding hydrogens is 146 g/mol. The summed E-state index contributed by atoms with van der Waals surface area (Å²) in [5.41, 5.74) is 0. The summed E-state index contributed by atoms with van der Waals surface area (Å²) in [6.07, 6.45) is 9.00. The van der Waals surface area contributed by atoms with Gasteiger partial charge in [0.15, 0.2) is 0 Å². The Kier molecular flexibility index (Phi) is 1.52. The van der Waals surface area contributed by atoms with Crippen molar-refractivity contribution < 1.29 is 0 Å². The van der Waals surface area contributed by atoms with Crippen molar-refractivity contribution in [1.82, 2.24) is 4.90 Å². The topological polar surface area (TPSA) is 3.01 Å². The molecule has 3 rings (SSSR count). The van der Waals surface area contributed by atoms with E-state index in [1.807, 2.05) is 0 Å². The maximum absolute atomic E-state index is 2.75. The summed E-state index contributed by atoms with van der Waals surface area (Å²) in [4.78, 5) is 2.75. The molecule has 0 aromatic carbocycles. The Bertz CT molecular complexity index is 173. The second-order valence-electron chi connectivity index (χ2n) is 4.80. The predicted octanol–water partition coefficient (Wildman–Crippen LogP) is 2.41. The minimum Gasteiger partial charge on any atom is -0.288 e. The lowest BCUT2D eigenvalue weighted by Crippen LogP contribution is -2.26. The molecule has 68 valence electrons. The normalized spacial score (nSPS) is 51.8. The van der Waals surface area contributed by atoms with E-state index in [-0.39, 0.29) is 0 Å². The molecule has 0 aromatic heterocycles. The van der Waals surface area contributed by atoms with Crippen molar-refractivity contribution in [3.05, 3.63) is 0 Å². The Morgan fingerprint density at radius 1 is 1.08 bits per heavy atom. The lowest BCUT2D eigenvalue weighted by molar-refractivity contribution is 0.287. The summed E-state index contributed by atoms with van der Waals surface area (Å²) in [7, 11) is 0. The van der Waals surface area contributed by atoms with Crippen molar-refractivity contribution in [1.29, 1.82) is 0 Å². The molecule has 0 amide bonds. The van der Waals surface area contributed by atoms with Gasteiger partial charge in [-0.25, -0.2) is 0 Å². The van der Waals surface area contributed by atoms with E-state index in [9.17, 15) is 0 Å². The first-order valence-corrected chi connectivity index (χ1v) is 5.71. The zero-order chi connectivity index (χ0) is 8.13. The summed E-state index contributed by atoms with van der Waals surface area (Å²) < 4.78 is 0. The van der Waals surface area contributed by atoms with Gasteiger partial charge in [-0.05, 0) is 25.2 Å². The van der Waals surface area contributed by atoms with Gasteiger partial charge in [0.2, 0.25) is 0 Å². The van der Waals surface area contributed by atoms with Crippen LogP contribution in [0.15, 0.2) is 0 Å². The molecular formula is C11H19N. The van der Waals surface area contributed by atoms with Crippen molar-refractivity contribution in [2.75, 3.05) is 0 Å². The summed E-state index contributed by atoms with van der Waals surface area (Å²) >= 11 is 0. The highest BCUT2D eigenvalue weighted by atomic mass is 15.5. The van der Waals surface area contributed by atoms with Crippen molar-refractivity contribution in [2.24, 2.45) is 5.92 Å². The van der Waals surface area contributed by atoms with Crippen molar-refractivity contribution in [3.8, 4) is 0 Å². The van der Waals surface area contributed by atoms with Crippen molar-refractivity contribution in [2.45, 2.75) is 63.6 Å². The van der Waals surface area contributed by atoms with Crippen molar-refractivity contribution in [3.63, 3.8) is 0 Å². The second kappa shape index (κ2) is 2.47. The lowest BCUT2D eigenvalue weighted by atomic mass is 9.83. The Hall–Kier alpha value is -0.0400. The van der Waals surface area contributed by atoms with Crippen LogP contribution in [-0.2, 0) is 0 Å². The van der Waals surface area contributed by atoms with Gasteiger partial charge in [-0.15, -0.1) is 0 Å². The van der Waals surface area contributed by atoms with Crippen LogP contribution in [0.1, 0.15) is 45.4 Å². The molecule has 3 fully saturated rings. The standard InChI is InChI=1S/C11H19N/c1-2-9-11-10(12(9)11)8-6-4-3-5-7-8/h8-11H,2-7H2,1H3. The van der Waals surface area contributed by atoms with Crippen molar-refractivity contribution >= 4 is 0 Å². The minimum absolute atomic E-state index is 1.02. The molecule has 0 spiro atoms. The van der Waals surface area contributed by atoms with Gasteiger partial charge in [-0.1, -0.05) is 26.2 Å². The smallest absolute Gasteiger partial charge is 0.0417 e. The van der Waals surface area contributed by atoms with Crippen LogP contribution in [0.3, 0.4) is 0 Å². The number of hydrogen-bond acceptors (Lipinski definition) is 1. The van der Waals surface area contributed by atoms with Crippen LogP contribution < -0.4 is 0 Å². The fourth-order valence-electron chi connectivity index (χ4n) is 3.40. The average molecular weight is 165 g/mol. The first-order chi connectivity index (χ1) is 5.93.